The van der Waals surface area contributed by atoms with E-state index in [2.05, 4.69) is 26.9 Å². The number of methoxy groups -OCH3 is 1. The average molecular weight is 804 g/mol. The molecule has 1 aliphatic heterocycles. The van der Waals surface area contributed by atoms with Crippen LogP contribution in [0.25, 0.3) is 10.8 Å². The molecule has 15 heteroatoms. The van der Waals surface area contributed by atoms with Gasteiger partial charge in [0.1, 0.15) is 35.1 Å². The van der Waals surface area contributed by atoms with Crippen LogP contribution in [0, 0.1) is 11.3 Å². The number of carbonyl (C=O) groups excluding carboxylic acids is 4. The molecule has 2 aromatic carbocycles. The number of nitrogens with zero attached hydrogens (tertiary/aromatic N) is 2. The van der Waals surface area contributed by atoms with Crippen LogP contribution in [-0.4, -0.2) is 89.8 Å². The van der Waals surface area contributed by atoms with Gasteiger partial charge in [-0.3, -0.25) is 19.1 Å². The number of hydrogen-bond donors (Lipinski definition) is 3. The fourth-order valence-electron chi connectivity index (χ4n) is 7.43. The lowest BCUT2D eigenvalue weighted by atomic mass is 9.85. The molecule has 1 aromatic heterocycles. The molecule has 57 heavy (non-hydrogen) atoms. The molecular weight excluding hydrogens is 751 g/mol. The van der Waals surface area contributed by atoms with E-state index in [-0.39, 0.29) is 31.7 Å². The smallest absolute Gasteiger partial charge is 0.408 e. The molecule has 2 heterocycles. The highest BCUT2D eigenvalue weighted by Gasteiger charge is 2.63. The van der Waals surface area contributed by atoms with E-state index in [0.29, 0.717) is 24.0 Å². The average Bonchev–Trinajstić information content (AvgIpc) is 4.04. The number of rotatable bonds is 13. The zero-order chi connectivity index (χ0) is 41.6. The zero-order valence-electron chi connectivity index (χ0n) is 33.6. The van der Waals surface area contributed by atoms with Crippen LogP contribution in [0.5, 0.6) is 11.6 Å². The summed E-state index contributed by atoms with van der Waals surface area (Å²) in [4.78, 5) is 61.9. The normalized spacial score (nSPS) is 23.1. The van der Waals surface area contributed by atoms with Crippen molar-refractivity contribution >= 4 is 44.6 Å². The molecule has 0 radical (unpaired) electrons. The van der Waals surface area contributed by atoms with Gasteiger partial charge in [0.15, 0.2) is 0 Å². The van der Waals surface area contributed by atoms with Gasteiger partial charge in [0.05, 0.1) is 18.4 Å². The number of ether oxygens (including phenoxy) is 3. The van der Waals surface area contributed by atoms with Gasteiger partial charge in [-0.15, -0.1) is 6.58 Å². The standard InChI is InChI=1S/C42H53N5O9S/c1-9-28-24-42(28,37(50)46-57(52,53)41(18-19-41)23-26-13-11-10-12-14-26)45-34(48)32-22-30(55-35-31-16-15-29(54-8)21-27(31)17-20-43-35)25-47(32)36(49)33(39(2,3)4)44-38(51)56-40(5,6)7/h9-17,20-21,28,30,32-33H,1,18-19,22-25H2,2-8H3,(H,44,51)(H,45,48)(H,46,50)/t28-,30-,32+,33-,42-/m1/s1. The molecule has 3 fully saturated rings. The number of pyridine rings is 1. The molecule has 1 saturated heterocycles. The Morgan fingerprint density at radius 3 is 2.33 bits per heavy atom. The number of aromatic nitrogens is 1. The Bertz CT molecular complexity index is 2160. The predicted molar refractivity (Wildman–Crippen MR) is 214 cm³/mol. The zero-order valence-corrected chi connectivity index (χ0v) is 34.4. The van der Waals surface area contributed by atoms with Gasteiger partial charge in [0.25, 0.3) is 5.91 Å². The Morgan fingerprint density at radius 1 is 1.04 bits per heavy atom. The molecular formula is C42H53N5O9S. The summed E-state index contributed by atoms with van der Waals surface area (Å²) in [6, 6.07) is 14.1. The number of benzene rings is 2. The Labute approximate surface area is 334 Å². The summed E-state index contributed by atoms with van der Waals surface area (Å²) in [6.07, 6.45) is 2.70. The highest BCUT2D eigenvalue weighted by molar-refractivity contribution is 7.91. The van der Waals surface area contributed by atoms with Crippen LogP contribution in [-0.2, 0) is 35.6 Å². The molecule has 2 saturated carbocycles. The Hall–Kier alpha value is -5.18. The van der Waals surface area contributed by atoms with E-state index in [9.17, 15) is 27.6 Å². The van der Waals surface area contributed by atoms with Crippen LogP contribution < -0.4 is 24.8 Å². The van der Waals surface area contributed by atoms with Crippen LogP contribution in [0.4, 0.5) is 4.79 Å². The summed E-state index contributed by atoms with van der Waals surface area (Å²) in [5.74, 6) is -1.75. The minimum Gasteiger partial charge on any atom is -0.497 e. The van der Waals surface area contributed by atoms with Gasteiger partial charge in [-0.1, -0.05) is 57.2 Å². The molecule has 306 valence electrons. The van der Waals surface area contributed by atoms with Crippen molar-refractivity contribution in [2.75, 3.05) is 13.7 Å². The topological polar surface area (TPSA) is 182 Å². The molecule has 3 aliphatic rings. The van der Waals surface area contributed by atoms with E-state index >= 15 is 0 Å². The first-order valence-electron chi connectivity index (χ1n) is 19.2. The fraction of sp³-hybridized carbons (Fsp3) is 0.500. The first kappa shape index (κ1) is 41.5. The molecule has 3 aromatic rings. The van der Waals surface area contributed by atoms with Crippen molar-refractivity contribution in [2.45, 2.75) is 108 Å². The lowest BCUT2D eigenvalue weighted by molar-refractivity contribution is -0.143. The van der Waals surface area contributed by atoms with Gasteiger partial charge in [0.2, 0.25) is 27.7 Å². The summed E-state index contributed by atoms with van der Waals surface area (Å²) in [5.41, 5.74) is -2.45. The van der Waals surface area contributed by atoms with E-state index in [4.69, 9.17) is 14.2 Å². The van der Waals surface area contributed by atoms with Crippen LogP contribution in [0.2, 0.25) is 0 Å². The SMILES string of the molecule is C=C[C@@H]1C[C@]1(NC(=O)[C@@H]1C[C@@H](Oc2nccc3cc(OC)ccc23)CN1C(=O)[C@@H](NC(=O)OC(C)(C)C)C(C)(C)C)C(=O)NS(=O)(=O)C1(Cc2ccccc2)CC1. The van der Waals surface area contributed by atoms with Crippen molar-refractivity contribution < 1.29 is 41.8 Å². The maximum Gasteiger partial charge on any atom is 0.408 e. The quantitative estimate of drug-likeness (QED) is 0.203. The van der Waals surface area contributed by atoms with Gasteiger partial charge in [-0.25, -0.2) is 18.2 Å². The molecule has 4 amide bonds. The van der Waals surface area contributed by atoms with Crippen molar-refractivity contribution in [1.82, 2.24) is 25.2 Å². The molecule has 3 N–H and O–H groups in total. The third kappa shape index (κ3) is 8.88. The van der Waals surface area contributed by atoms with E-state index in [0.717, 1.165) is 10.9 Å². The minimum atomic E-state index is -4.15. The summed E-state index contributed by atoms with van der Waals surface area (Å²) in [6.45, 7) is 14.2. The molecule has 14 nitrogen and oxygen atoms in total. The van der Waals surface area contributed by atoms with Gasteiger partial charge in [-0.05, 0) is 87.1 Å². The number of likely N-dealkylation sites (tertiary alicyclic amines) is 1. The molecule has 2 aliphatic carbocycles. The second-order valence-corrected chi connectivity index (χ2v) is 19.5. The number of nitrogens with one attached hydrogen (secondary N) is 3. The number of carbonyl (C=O) groups is 4. The minimum absolute atomic E-state index is 0.00400. The van der Waals surface area contributed by atoms with Crippen molar-refractivity contribution in [1.29, 1.82) is 0 Å². The van der Waals surface area contributed by atoms with E-state index in [1.54, 1.807) is 60.9 Å². The maximum absolute atomic E-state index is 14.6. The lowest BCUT2D eigenvalue weighted by Gasteiger charge is -2.36. The molecule has 0 unspecified atom stereocenters. The van der Waals surface area contributed by atoms with Crippen LogP contribution in [0.15, 0.2) is 73.4 Å². The molecule has 0 spiro atoms. The number of alkyl carbamates (subject to hydrolysis) is 1. The Balaban J connectivity index is 1.27. The van der Waals surface area contributed by atoms with Gasteiger partial charge >= 0.3 is 6.09 Å². The van der Waals surface area contributed by atoms with Gasteiger partial charge in [-0.2, -0.15) is 0 Å². The van der Waals surface area contributed by atoms with Gasteiger partial charge in [0, 0.05) is 23.9 Å². The number of hydrogen-bond acceptors (Lipinski definition) is 10. The number of sulfonamides is 1. The van der Waals surface area contributed by atoms with E-state index in [1.165, 1.54) is 11.0 Å². The Kier molecular flexibility index (Phi) is 11.1. The highest BCUT2D eigenvalue weighted by Crippen LogP contribution is 2.48. The third-order valence-electron chi connectivity index (χ3n) is 10.9. The second kappa shape index (κ2) is 15.3. The van der Waals surface area contributed by atoms with Crippen molar-refractivity contribution in [3.05, 3.63) is 79.0 Å². The van der Waals surface area contributed by atoms with Gasteiger partial charge < -0.3 is 29.7 Å². The van der Waals surface area contributed by atoms with Crippen molar-refractivity contribution in [2.24, 2.45) is 11.3 Å². The third-order valence-corrected chi connectivity index (χ3v) is 13.0. The summed E-state index contributed by atoms with van der Waals surface area (Å²) >= 11 is 0. The summed E-state index contributed by atoms with van der Waals surface area (Å²) < 4.78 is 46.0. The van der Waals surface area contributed by atoms with Crippen molar-refractivity contribution in [3.63, 3.8) is 0 Å². The van der Waals surface area contributed by atoms with Crippen LogP contribution in [0.1, 0.15) is 72.8 Å². The van der Waals surface area contributed by atoms with Crippen molar-refractivity contribution in [3.8, 4) is 11.6 Å². The lowest BCUT2D eigenvalue weighted by Crippen LogP contribution is -2.60. The second-order valence-electron chi connectivity index (χ2n) is 17.4. The first-order valence-corrected chi connectivity index (χ1v) is 20.6. The number of amides is 4. The van der Waals surface area contributed by atoms with E-state index < -0.39 is 79.2 Å². The molecule has 0 bridgehead atoms. The van der Waals surface area contributed by atoms with Crippen LogP contribution >= 0.6 is 0 Å². The maximum atomic E-state index is 14.6. The molecule has 5 atom stereocenters. The number of fused-ring (bicyclic) bond motifs is 1. The van der Waals surface area contributed by atoms with Crippen LogP contribution in [0.3, 0.4) is 0 Å². The first-order chi connectivity index (χ1) is 26.7. The summed E-state index contributed by atoms with van der Waals surface area (Å²) in [5, 5.41) is 7.04. The molecule has 6 rings (SSSR count). The Morgan fingerprint density at radius 2 is 1.74 bits per heavy atom. The highest BCUT2D eigenvalue weighted by atomic mass is 32.2. The predicted octanol–water partition coefficient (Wildman–Crippen LogP) is 4.81. The van der Waals surface area contributed by atoms with E-state index in [1.807, 2.05) is 48.5 Å². The fourth-order valence-corrected chi connectivity index (χ4v) is 9.07. The largest absolute Gasteiger partial charge is 0.497 e. The monoisotopic (exact) mass is 803 g/mol. The summed E-state index contributed by atoms with van der Waals surface area (Å²) in [7, 11) is -2.59.